The van der Waals surface area contributed by atoms with Crippen molar-refractivity contribution < 1.29 is 9.59 Å². The van der Waals surface area contributed by atoms with E-state index in [1.165, 1.54) is 15.9 Å². The predicted octanol–water partition coefficient (Wildman–Crippen LogP) is 4.23. The minimum Gasteiger partial charge on any atom is -0.283 e. The lowest BCUT2D eigenvalue weighted by Gasteiger charge is -2.11. The summed E-state index contributed by atoms with van der Waals surface area (Å²) in [4.78, 5) is 44.0. The lowest BCUT2D eigenvalue weighted by atomic mass is 10.1. The second-order valence-electron chi connectivity index (χ2n) is 7.06. The predicted molar refractivity (Wildman–Crippen MR) is 135 cm³/mol. The summed E-state index contributed by atoms with van der Waals surface area (Å²) >= 11 is 4.10. The van der Waals surface area contributed by atoms with E-state index in [0.717, 1.165) is 27.8 Å². The van der Waals surface area contributed by atoms with E-state index in [0.29, 0.717) is 20.9 Å². The van der Waals surface area contributed by atoms with Gasteiger partial charge >= 0.3 is 0 Å². The zero-order chi connectivity index (χ0) is 23.4. The minimum absolute atomic E-state index is 0.0214. The van der Waals surface area contributed by atoms with Crippen molar-refractivity contribution in [2.24, 2.45) is 0 Å². The van der Waals surface area contributed by atoms with E-state index >= 15 is 0 Å². The molecule has 0 aliphatic heterocycles. The molecular weight excluding hydrogens is 476 g/mol. The van der Waals surface area contributed by atoms with Gasteiger partial charge in [-0.25, -0.2) is 4.98 Å². The molecule has 3 aromatic heterocycles. The molecule has 10 heteroatoms. The number of benzene rings is 1. The topological polar surface area (TPSA) is 93.1 Å². The molecule has 0 aliphatic carbocycles. The van der Waals surface area contributed by atoms with Gasteiger partial charge in [0.2, 0.25) is 5.91 Å². The first-order valence-electron chi connectivity index (χ1n) is 9.93. The molecule has 3 heterocycles. The maximum Gasteiger partial charge on any atom is 0.269 e. The molecule has 2 N–H and O–H groups in total. The molecule has 0 saturated heterocycles. The quantitative estimate of drug-likeness (QED) is 0.173. The fraction of sp³-hybridized carbons (Fsp3) is 0.130. The van der Waals surface area contributed by atoms with E-state index in [1.54, 1.807) is 29.5 Å². The summed E-state index contributed by atoms with van der Waals surface area (Å²) in [6.07, 6.45) is 1.62. The number of fused-ring (bicyclic) bond motifs is 1. The number of hydrogen-bond donors (Lipinski definition) is 2. The Morgan fingerprint density at radius 2 is 1.97 bits per heavy atom. The number of hydrazine groups is 1. The summed E-state index contributed by atoms with van der Waals surface area (Å²) in [5, 5.41) is 4.90. The van der Waals surface area contributed by atoms with Crippen LogP contribution in [0.1, 0.15) is 15.9 Å². The average molecular weight is 497 g/mol. The maximum atomic E-state index is 13.3. The second kappa shape index (κ2) is 10.2. The number of carbonyl (C=O) groups excluding carboxylic acids is 2. The highest BCUT2D eigenvalue weighted by atomic mass is 32.2. The van der Waals surface area contributed by atoms with Gasteiger partial charge in [0, 0.05) is 27.9 Å². The molecule has 0 saturated carbocycles. The molecule has 0 unspecified atom stereocenters. The Balaban J connectivity index is 1.48. The van der Waals surface area contributed by atoms with Crippen LogP contribution in [0.5, 0.6) is 0 Å². The number of carbonyl (C=O) groups is 2. The van der Waals surface area contributed by atoms with E-state index in [4.69, 9.17) is 0 Å². The lowest BCUT2D eigenvalue weighted by Crippen LogP contribution is -2.42. The van der Waals surface area contributed by atoms with Crippen molar-refractivity contribution in [2.45, 2.75) is 18.6 Å². The number of amides is 2. The summed E-state index contributed by atoms with van der Waals surface area (Å²) in [5.41, 5.74) is 6.99. The van der Waals surface area contributed by atoms with Crippen molar-refractivity contribution in [1.29, 1.82) is 0 Å². The van der Waals surface area contributed by atoms with Crippen molar-refractivity contribution >= 4 is 56.5 Å². The number of aryl methyl sites for hydroxylation is 1. The monoisotopic (exact) mass is 496 g/mol. The lowest BCUT2D eigenvalue weighted by molar-refractivity contribution is -0.119. The molecule has 0 fully saturated rings. The Bertz CT molecular complexity index is 1370. The third-order valence-electron chi connectivity index (χ3n) is 4.72. The van der Waals surface area contributed by atoms with Crippen LogP contribution in [0.15, 0.2) is 69.8 Å². The maximum absolute atomic E-state index is 13.3. The summed E-state index contributed by atoms with van der Waals surface area (Å²) in [7, 11) is 0. The van der Waals surface area contributed by atoms with Crippen LogP contribution >= 0.6 is 34.4 Å². The number of nitrogens with one attached hydrogen (secondary N) is 2. The van der Waals surface area contributed by atoms with Gasteiger partial charge in [0.05, 0.1) is 11.1 Å². The van der Waals surface area contributed by atoms with Crippen LogP contribution in [0.2, 0.25) is 0 Å². The molecule has 0 bridgehead atoms. The number of rotatable bonds is 7. The van der Waals surface area contributed by atoms with Crippen LogP contribution < -0.4 is 16.4 Å². The fourth-order valence-electron chi connectivity index (χ4n) is 3.09. The Morgan fingerprint density at radius 3 is 2.67 bits per heavy atom. The van der Waals surface area contributed by atoms with Gasteiger partial charge in [-0.15, -0.1) is 29.3 Å². The van der Waals surface area contributed by atoms with Gasteiger partial charge in [-0.3, -0.25) is 29.8 Å². The Hall–Kier alpha value is -3.21. The third-order valence-corrected chi connectivity index (χ3v) is 7.47. The molecule has 4 rings (SSSR count). The number of thioether (sulfide) groups is 1. The van der Waals surface area contributed by atoms with Gasteiger partial charge in [0.25, 0.3) is 11.5 Å². The molecule has 168 valence electrons. The highest BCUT2D eigenvalue weighted by molar-refractivity contribution is 7.99. The van der Waals surface area contributed by atoms with Gasteiger partial charge < -0.3 is 0 Å². The van der Waals surface area contributed by atoms with E-state index in [9.17, 15) is 14.4 Å². The van der Waals surface area contributed by atoms with E-state index in [-0.39, 0.29) is 17.9 Å². The van der Waals surface area contributed by atoms with E-state index < -0.39 is 11.8 Å². The molecular formula is C23H20N4O3S3. The first kappa shape index (κ1) is 23.0. The zero-order valence-corrected chi connectivity index (χ0v) is 20.1. The van der Waals surface area contributed by atoms with Crippen LogP contribution in [0.25, 0.3) is 20.7 Å². The highest BCUT2D eigenvalue weighted by Gasteiger charge is 2.18. The number of allylic oxidation sites excluding steroid dienone is 1. The Kier molecular flexibility index (Phi) is 7.07. The zero-order valence-electron chi connectivity index (χ0n) is 17.7. The van der Waals surface area contributed by atoms with E-state index in [1.807, 2.05) is 41.9 Å². The molecule has 0 aliphatic rings. The smallest absolute Gasteiger partial charge is 0.269 e. The minimum atomic E-state index is -0.412. The second-order valence-corrected chi connectivity index (χ2v) is 9.81. The first-order chi connectivity index (χ1) is 16.0. The van der Waals surface area contributed by atoms with E-state index in [2.05, 4.69) is 22.4 Å². The van der Waals surface area contributed by atoms with Crippen LogP contribution in [-0.4, -0.2) is 27.1 Å². The van der Waals surface area contributed by atoms with Crippen LogP contribution in [0, 0.1) is 6.92 Å². The number of nitrogens with zero attached hydrogens (tertiary/aromatic N) is 2. The normalized spacial score (nSPS) is 10.8. The Labute approximate surface area is 202 Å². The molecule has 4 aromatic rings. The standard InChI is InChI=1S/C23H20N4O3S3/c1-3-10-27-22(30)19-16(17-5-4-11-31-17)12-32-21(19)24-23(27)33-13-18(28)25-26-20(29)15-8-6-14(2)7-9-15/h3-9,11-12H,1,10,13H2,2H3,(H,25,28)(H,26,29). The average Bonchev–Trinajstić information content (AvgIpc) is 3.48. The number of hydrogen-bond acceptors (Lipinski definition) is 7. The first-order valence-corrected chi connectivity index (χ1v) is 12.7. The van der Waals surface area contributed by atoms with Gasteiger partial charge in [-0.05, 0) is 30.5 Å². The molecule has 2 amide bonds. The van der Waals surface area contributed by atoms with Crippen LogP contribution in [0.3, 0.4) is 0 Å². The van der Waals surface area contributed by atoms with Crippen molar-refractivity contribution in [2.75, 3.05) is 5.75 Å². The summed E-state index contributed by atoms with van der Waals surface area (Å²) in [5.74, 6) is -0.839. The number of aromatic nitrogens is 2. The van der Waals surface area contributed by atoms with Crippen molar-refractivity contribution in [3.63, 3.8) is 0 Å². The molecule has 0 spiro atoms. The van der Waals surface area contributed by atoms with Crippen molar-refractivity contribution in [1.82, 2.24) is 20.4 Å². The fourth-order valence-corrected chi connectivity index (χ4v) is 5.70. The van der Waals surface area contributed by atoms with Gasteiger partial charge in [-0.1, -0.05) is 41.6 Å². The van der Waals surface area contributed by atoms with Crippen molar-refractivity contribution in [3.8, 4) is 10.4 Å². The molecule has 1 aromatic carbocycles. The van der Waals surface area contributed by atoms with Gasteiger partial charge in [0.15, 0.2) is 5.16 Å². The van der Waals surface area contributed by atoms with Gasteiger partial charge in [0.1, 0.15) is 4.83 Å². The summed E-state index contributed by atoms with van der Waals surface area (Å²) < 4.78 is 1.52. The van der Waals surface area contributed by atoms with Crippen LogP contribution in [-0.2, 0) is 11.3 Å². The van der Waals surface area contributed by atoms with Crippen LogP contribution in [0.4, 0.5) is 0 Å². The third kappa shape index (κ3) is 5.08. The number of thiophene rings is 2. The molecule has 0 radical (unpaired) electrons. The molecule has 7 nitrogen and oxygen atoms in total. The molecule has 0 atom stereocenters. The largest absolute Gasteiger partial charge is 0.283 e. The highest BCUT2D eigenvalue weighted by Crippen LogP contribution is 2.34. The van der Waals surface area contributed by atoms with Crippen molar-refractivity contribution in [3.05, 3.63) is 81.3 Å². The SMILES string of the molecule is C=CCn1c(SCC(=O)NNC(=O)c2ccc(C)cc2)nc2scc(-c3cccs3)c2c1=O. The van der Waals surface area contributed by atoms with Gasteiger partial charge in [-0.2, -0.15) is 0 Å². The molecule has 33 heavy (non-hydrogen) atoms. The summed E-state index contributed by atoms with van der Waals surface area (Å²) in [6.45, 7) is 5.94. The summed E-state index contributed by atoms with van der Waals surface area (Å²) in [6, 6.07) is 10.9. The Morgan fingerprint density at radius 1 is 1.18 bits per heavy atom.